The first-order chi connectivity index (χ1) is 19.0. The smallest absolute Gasteiger partial charge is 0.230 e. The van der Waals surface area contributed by atoms with Crippen LogP contribution in [0.5, 0.6) is 0 Å². The quantitative estimate of drug-likeness (QED) is 0.192. The number of halogens is 2. The number of carbonyl (C=O) groups excluding carboxylic acids is 1. The molecule has 1 aliphatic heterocycles. The van der Waals surface area contributed by atoms with Crippen molar-refractivity contribution in [3.05, 3.63) is 93.5 Å². The van der Waals surface area contributed by atoms with Crippen molar-refractivity contribution in [2.45, 2.75) is 36.3 Å². The van der Waals surface area contributed by atoms with Crippen LogP contribution in [0.15, 0.2) is 76.7 Å². The number of thioether (sulfide) groups is 1. The summed E-state index contributed by atoms with van der Waals surface area (Å²) in [4.78, 5) is 23.9. The van der Waals surface area contributed by atoms with Gasteiger partial charge in [0.05, 0.1) is 21.5 Å². The van der Waals surface area contributed by atoms with Crippen LogP contribution in [0.1, 0.15) is 24.0 Å². The first-order valence-corrected chi connectivity index (χ1v) is 15.4. The van der Waals surface area contributed by atoms with E-state index in [2.05, 4.69) is 32.7 Å². The maximum Gasteiger partial charge on any atom is 0.230 e. The highest BCUT2D eigenvalue weighted by Gasteiger charge is 2.21. The molecule has 4 aromatic rings. The molecule has 39 heavy (non-hydrogen) atoms. The molecule has 5 rings (SSSR count). The standard InChI is InChI=1S/C29H29Cl2N5OS2/c30-25-7-6-20(13-26(25)31)17-36-11-8-23(9-12-36)34-28(37)19-39-29-35-27(18-38-29)22-4-1-5-24(14-22)33-16-21-3-2-10-32-15-21/h1-7,10,13-15,18,23,33H,8-9,11-12,16-17,19H2,(H,34,37). The van der Waals surface area contributed by atoms with E-state index >= 15 is 0 Å². The van der Waals surface area contributed by atoms with Gasteiger partial charge < -0.3 is 10.6 Å². The Hall–Kier alpha value is -2.62. The van der Waals surface area contributed by atoms with Crippen LogP contribution in [0, 0.1) is 0 Å². The van der Waals surface area contributed by atoms with Gasteiger partial charge in [-0.1, -0.05) is 59.2 Å². The molecule has 1 amide bonds. The molecule has 2 aromatic carbocycles. The van der Waals surface area contributed by atoms with Crippen molar-refractivity contribution in [1.82, 2.24) is 20.2 Å². The fourth-order valence-corrected chi connectivity index (χ4v) is 6.45. The maximum atomic E-state index is 12.6. The van der Waals surface area contributed by atoms with E-state index in [9.17, 15) is 4.79 Å². The van der Waals surface area contributed by atoms with Gasteiger partial charge in [-0.25, -0.2) is 4.98 Å². The minimum absolute atomic E-state index is 0.0567. The molecule has 2 aromatic heterocycles. The fourth-order valence-electron chi connectivity index (χ4n) is 4.48. The number of thiazole rings is 1. The summed E-state index contributed by atoms with van der Waals surface area (Å²) in [6, 6.07) is 18.2. The maximum absolute atomic E-state index is 12.6. The van der Waals surface area contributed by atoms with Crippen LogP contribution < -0.4 is 10.6 Å². The van der Waals surface area contributed by atoms with E-state index in [1.54, 1.807) is 17.5 Å². The van der Waals surface area contributed by atoms with Crippen LogP contribution in [-0.4, -0.2) is 45.7 Å². The van der Waals surface area contributed by atoms with Gasteiger partial charge in [0.15, 0.2) is 4.34 Å². The van der Waals surface area contributed by atoms with Gasteiger partial charge in [0.2, 0.25) is 5.91 Å². The number of hydrogen-bond acceptors (Lipinski definition) is 7. The third kappa shape index (κ3) is 8.19. The molecule has 2 N–H and O–H groups in total. The summed E-state index contributed by atoms with van der Waals surface area (Å²) in [6.45, 7) is 3.42. The van der Waals surface area contributed by atoms with Gasteiger partial charge in [0.1, 0.15) is 0 Å². The SMILES string of the molecule is O=C(CSc1nc(-c2cccc(NCc3cccnc3)c2)cs1)NC1CCN(Cc2ccc(Cl)c(Cl)c2)CC1. The number of pyridine rings is 1. The van der Waals surface area contributed by atoms with E-state index in [0.717, 1.165) is 64.9 Å². The normalized spacial score (nSPS) is 14.3. The van der Waals surface area contributed by atoms with E-state index < -0.39 is 0 Å². The number of benzene rings is 2. The second kappa shape index (κ2) is 13.6. The number of amides is 1. The summed E-state index contributed by atoms with van der Waals surface area (Å²) < 4.78 is 0.894. The number of aromatic nitrogens is 2. The van der Waals surface area contributed by atoms with E-state index in [1.807, 2.05) is 54.0 Å². The lowest BCUT2D eigenvalue weighted by Gasteiger charge is -2.32. The zero-order valence-corrected chi connectivity index (χ0v) is 24.4. The van der Waals surface area contributed by atoms with Crippen molar-refractivity contribution >= 4 is 57.9 Å². The first kappa shape index (κ1) is 27.9. The zero-order chi connectivity index (χ0) is 27.0. The average molecular weight is 599 g/mol. The Morgan fingerprint density at radius 2 is 1.92 bits per heavy atom. The summed E-state index contributed by atoms with van der Waals surface area (Å²) in [6.07, 6.45) is 5.50. The number of nitrogens with zero attached hydrogens (tertiary/aromatic N) is 3. The summed E-state index contributed by atoms with van der Waals surface area (Å²) in [5.74, 6) is 0.421. The Balaban J connectivity index is 1.05. The number of rotatable bonds is 10. The second-order valence-corrected chi connectivity index (χ2v) is 12.3. The van der Waals surface area contributed by atoms with Crippen molar-refractivity contribution in [3.63, 3.8) is 0 Å². The van der Waals surface area contributed by atoms with Gasteiger partial charge in [0, 0.05) is 61.2 Å². The van der Waals surface area contributed by atoms with Crippen LogP contribution in [-0.2, 0) is 17.9 Å². The molecule has 0 aliphatic carbocycles. The highest BCUT2D eigenvalue weighted by Crippen LogP contribution is 2.30. The monoisotopic (exact) mass is 597 g/mol. The van der Waals surface area contributed by atoms with Gasteiger partial charge in [0.25, 0.3) is 0 Å². The summed E-state index contributed by atoms with van der Waals surface area (Å²) >= 11 is 15.2. The summed E-state index contributed by atoms with van der Waals surface area (Å²) in [7, 11) is 0. The zero-order valence-electron chi connectivity index (χ0n) is 21.3. The fraction of sp³-hybridized carbons (Fsp3) is 0.276. The molecule has 10 heteroatoms. The van der Waals surface area contributed by atoms with Crippen LogP contribution in [0.3, 0.4) is 0 Å². The first-order valence-electron chi connectivity index (χ1n) is 12.8. The predicted octanol–water partition coefficient (Wildman–Crippen LogP) is 7.00. The minimum Gasteiger partial charge on any atom is -0.381 e. The number of nitrogens with one attached hydrogen (secondary N) is 2. The van der Waals surface area contributed by atoms with Gasteiger partial charge in [-0.3, -0.25) is 14.7 Å². The van der Waals surface area contributed by atoms with Gasteiger partial charge in [-0.15, -0.1) is 11.3 Å². The summed E-state index contributed by atoms with van der Waals surface area (Å²) in [5.41, 5.74) is 5.27. The molecular formula is C29H29Cl2N5OS2. The molecule has 0 spiro atoms. The third-order valence-corrected chi connectivity index (χ3v) is 9.29. The van der Waals surface area contributed by atoms with E-state index in [1.165, 1.54) is 11.8 Å². The Morgan fingerprint density at radius 3 is 2.72 bits per heavy atom. The number of hydrogen-bond donors (Lipinski definition) is 2. The topological polar surface area (TPSA) is 70.1 Å². The van der Waals surface area contributed by atoms with E-state index in [0.29, 0.717) is 22.3 Å². The molecular weight excluding hydrogens is 569 g/mol. The van der Waals surface area contributed by atoms with Crippen molar-refractivity contribution < 1.29 is 4.79 Å². The molecule has 0 bridgehead atoms. The summed E-state index contributed by atoms with van der Waals surface area (Å²) in [5, 5.41) is 9.85. The average Bonchev–Trinajstić information content (AvgIpc) is 3.44. The van der Waals surface area contributed by atoms with E-state index in [4.69, 9.17) is 28.2 Å². The molecule has 6 nitrogen and oxygen atoms in total. The molecule has 1 aliphatic rings. The van der Waals surface area contributed by atoms with Crippen LogP contribution in [0.2, 0.25) is 10.0 Å². The molecule has 0 saturated carbocycles. The van der Waals surface area contributed by atoms with E-state index in [-0.39, 0.29) is 11.9 Å². The third-order valence-electron chi connectivity index (χ3n) is 6.53. The van der Waals surface area contributed by atoms with Crippen molar-refractivity contribution in [1.29, 1.82) is 0 Å². The largest absolute Gasteiger partial charge is 0.381 e. The lowest BCUT2D eigenvalue weighted by Crippen LogP contribution is -2.44. The van der Waals surface area contributed by atoms with Crippen LogP contribution in [0.4, 0.5) is 5.69 Å². The lowest BCUT2D eigenvalue weighted by molar-refractivity contribution is -0.119. The highest BCUT2D eigenvalue weighted by molar-refractivity contribution is 8.01. The molecule has 0 atom stereocenters. The van der Waals surface area contributed by atoms with Crippen LogP contribution >= 0.6 is 46.3 Å². The van der Waals surface area contributed by atoms with Crippen molar-refractivity contribution in [3.8, 4) is 11.3 Å². The Morgan fingerprint density at radius 1 is 1.05 bits per heavy atom. The molecule has 0 radical (unpaired) electrons. The van der Waals surface area contributed by atoms with Gasteiger partial charge in [-0.05, 0) is 54.3 Å². The number of piperidine rings is 1. The Bertz CT molecular complexity index is 1390. The number of carbonyl (C=O) groups is 1. The van der Waals surface area contributed by atoms with Crippen LogP contribution in [0.25, 0.3) is 11.3 Å². The highest BCUT2D eigenvalue weighted by atomic mass is 35.5. The van der Waals surface area contributed by atoms with Crippen molar-refractivity contribution in [2.24, 2.45) is 0 Å². The second-order valence-electron chi connectivity index (χ2n) is 9.45. The number of anilines is 1. The Kier molecular flexibility index (Phi) is 9.76. The number of likely N-dealkylation sites (tertiary alicyclic amines) is 1. The Labute approximate surface area is 247 Å². The molecule has 3 heterocycles. The molecule has 1 saturated heterocycles. The van der Waals surface area contributed by atoms with Gasteiger partial charge >= 0.3 is 0 Å². The lowest BCUT2D eigenvalue weighted by atomic mass is 10.0. The molecule has 202 valence electrons. The predicted molar refractivity (Wildman–Crippen MR) is 163 cm³/mol. The van der Waals surface area contributed by atoms with Gasteiger partial charge in [-0.2, -0.15) is 0 Å². The van der Waals surface area contributed by atoms with Crippen molar-refractivity contribution in [2.75, 3.05) is 24.2 Å². The molecule has 1 fully saturated rings. The minimum atomic E-state index is 0.0567. The molecule has 0 unspecified atom stereocenters.